The molecule has 0 aromatic heterocycles. The highest BCUT2D eigenvalue weighted by molar-refractivity contribution is 8.03. The Kier molecular flexibility index (Phi) is 6.32. The van der Waals surface area contributed by atoms with Crippen LogP contribution in [0.1, 0.15) is 0 Å². The summed E-state index contributed by atoms with van der Waals surface area (Å²) in [5.74, 6) is 4.90. The molecule has 1 rings (SSSR count). The molecular weight excluding hydrogens is 174 g/mol. The molecule has 0 aromatic carbocycles. The topological polar surface area (TPSA) is 26.0 Å². The van der Waals surface area contributed by atoms with Gasteiger partial charge in [0.15, 0.2) is 0 Å². The highest BCUT2D eigenvalue weighted by Crippen LogP contribution is 2.14. The van der Waals surface area contributed by atoms with Crippen LogP contribution in [0.2, 0.25) is 0 Å². The molecule has 1 saturated heterocycles. The first kappa shape index (κ1) is 9.95. The summed E-state index contributed by atoms with van der Waals surface area (Å²) in [4.78, 5) is 0. The lowest BCUT2D eigenvalue weighted by molar-refractivity contribution is 0.864. The Bertz CT molecular complexity index is 64.0. The molecule has 0 radical (unpaired) electrons. The van der Waals surface area contributed by atoms with E-state index in [9.17, 15) is 0 Å². The molecule has 0 bridgehead atoms. The molecule has 2 N–H and O–H groups in total. The molecule has 0 aliphatic carbocycles. The van der Waals surface area contributed by atoms with Gasteiger partial charge in [0.1, 0.15) is 0 Å². The normalized spacial score (nSPS) is 22.3. The van der Waals surface area contributed by atoms with Crippen LogP contribution in [0.5, 0.6) is 0 Å². The largest absolute Gasteiger partial charge is 0.326 e. The fraction of sp³-hybridized carbons (Fsp3) is 1.00. The van der Waals surface area contributed by atoms with Crippen LogP contribution in [0.3, 0.4) is 0 Å². The first-order chi connectivity index (χ1) is 3.89. The molecule has 0 spiro atoms. The van der Waals surface area contributed by atoms with Crippen molar-refractivity contribution in [2.45, 2.75) is 6.04 Å². The van der Waals surface area contributed by atoms with Crippen molar-refractivity contribution in [3.05, 3.63) is 0 Å². The Morgan fingerprint density at radius 3 is 2.00 bits per heavy atom. The van der Waals surface area contributed by atoms with E-state index >= 15 is 0 Å². The van der Waals surface area contributed by atoms with Gasteiger partial charge in [-0.3, -0.25) is 0 Å². The van der Waals surface area contributed by atoms with Crippen LogP contribution in [-0.2, 0) is 0 Å². The van der Waals surface area contributed by atoms with Crippen molar-refractivity contribution in [2.75, 3.05) is 23.0 Å². The standard InChI is InChI=1S/C5H11NS2.ClH/c6-5-3-7-1-2-8-4-5;/h5H,1-4,6H2;1H. The van der Waals surface area contributed by atoms with Gasteiger partial charge in [-0.1, -0.05) is 0 Å². The minimum absolute atomic E-state index is 0. The molecule has 0 aromatic rings. The summed E-state index contributed by atoms with van der Waals surface area (Å²) in [5.41, 5.74) is 5.69. The molecule has 0 saturated carbocycles. The van der Waals surface area contributed by atoms with Gasteiger partial charge in [0, 0.05) is 29.1 Å². The summed E-state index contributed by atoms with van der Waals surface area (Å²) in [6, 6.07) is 0.451. The molecule has 56 valence electrons. The van der Waals surface area contributed by atoms with E-state index in [1.807, 2.05) is 23.5 Å². The predicted octanol–water partition coefficient (Wildman–Crippen LogP) is 1.22. The van der Waals surface area contributed by atoms with Gasteiger partial charge in [0.25, 0.3) is 0 Å². The van der Waals surface area contributed by atoms with E-state index < -0.39 is 0 Å². The number of hydrogen-bond donors (Lipinski definition) is 1. The third kappa shape index (κ3) is 4.37. The summed E-state index contributed by atoms with van der Waals surface area (Å²) >= 11 is 3.96. The quantitative estimate of drug-likeness (QED) is 0.615. The van der Waals surface area contributed by atoms with Gasteiger partial charge in [-0.25, -0.2) is 0 Å². The summed E-state index contributed by atoms with van der Waals surface area (Å²) in [6.07, 6.45) is 0. The first-order valence-electron chi connectivity index (χ1n) is 2.80. The fourth-order valence-corrected chi connectivity index (χ4v) is 2.90. The number of hydrogen-bond acceptors (Lipinski definition) is 3. The highest BCUT2D eigenvalue weighted by atomic mass is 35.5. The van der Waals surface area contributed by atoms with E-state index in [4.69, 9.17) is 5.73 Å². The minimum atomic E-state index is 0. The second-order valence-corrected chi connectivity index (χ2v) is 4.21. The summed E-state index contributed by atoms with van der Waals surface area (Å²) in [5, 5.41) is 0. The van der Waals surface area contributed by atoms with Crippen LogP contribution in [0.4, 0.5) is 0 Å². The van der Waals surface area contributed by atoms with Crippen molar-refractivity contribution in [1.82, 2.24) is 0 Å². The third-order valence-electron chi connectivity index (χ3n) is 1.04. The van der Waals surface area contributed by atoms with E-state index in [1.165, 1.54) is 11.5 Å². The highest BCUT2D eigenvalue weighted by Gasteiger charge is 2.05. The average Bonchev–Trinajstić information content (AvgIpc) is 1.94. The van der Waals surface area contributed by atoms with Crippen molar-refractivity contribution < 1.29 is 0 Å². The van der Waals surface area contributed by atoms with Crippen LogP contribution in [-0.4, -0.2) is 29.1 Å². The number of rotatable bonds is 0. The summed E-state index contributed by atoms with van der Waals surface area (Å²) < 4.78 is 0. The average molecular weight is 186 g/mol. The molecule has 9 heavy (non-hydrogen) atoms. The van der Waals surface area contributed by atoms with Crippen molar-refractivity contribution in [2.24, 2.45) is 5.73 Å². The molecule has 1 nitrogen and oxygen atoms in total. The zero-order valence-corrected chi connectivity index (χ0v) is 7.66. The van der Waals surface area contributed by atoms with Gasteiger partial charge in [-0.2, -0.15) is 23.5 Å². The van der Waals surface area contributed by atoms with E-state index in [0.717, 1.165) is 11.5 Å². The van der Waals surface area contributed by atoms with E-state index in [0.29, 0.717) is 6.04 Å². The van der Waals surface area contributed by atoms with E-state index in [2.05, 4.69) is 0 Å². The second-order valence-electron chi connectivity index (χ2n) is 1.91. The van der Waals surface area contributed by atoms with Gasteiger partial charge < -0.3 is 5.73 Å². The van der Waals surface area contributed by atoms with Crippen molar-refractivity contribution >= 4 is 35.9 Å². The molecule has 0 unspecified atom stereocenters. The Labute approximate surface area is 70.9 Å². The van der Waals surface area contributed by atoms with Gasteiger partial charge in [-0.15, -0.1) is 12.4 Å². The number of nitrogens with two attached hydrogens (primary N) is 1. The van der Waals surface area contributed by atoms with Crippen molar-refractivity contribution in [3.8, 4) is 0 Å². The SMILES string of the molecule is Cl.NC1CSCCSC1. The number of thioether (sulfide) groups is 2. The molecule has 0 amide bonds. The van der Waals surface area contributed by atoms with Gasteiger partial charge in [0.2, 0.25) is 0 Å². The maximum Gasteiger partial charge on any atom is 0.0222 e. The van der Waals surface area contributed by atoms with Crippen molar-refractivity contribution in [3.63, 3.8) is 0 Å². The fourth-order valence-electron chi connectivity index (χ4n) is 0.635. The molecule has 1 fully saturated rings. The smallest absolute Gasteiger partial charge is 0.0222 e. The van der Waals surface area contributed by atoms with Crippen LogP contribution in [0, 0.1) is 0 Å². The zero-order valence-electron chi connectivity index (χ0n) is 5.21. The van der Waals surface area contributed by atoms with Crippen LogP contribution < -0.4 is 5.73 Å². The lowest BCUT2D eigenvalue weighted by Gasteiger charge is -2.02. The van der Waals surface area contributed by atoms with Crippen LogP contribution in [0.15, 0.2) is 0 Å². The Hall–Kier alpha value is 0.950. The predicted molar refractivity (Wildman–Crippen MR) is 49.9 cm³/mol. The van der Waals surface area contributed by atoms with E-state index in [1.54, 1.807) is 0 Å². The van der Waals surface area contributed by atoms with Crippen LogP contribution in [0.25, 0.3) is 0 Å². The second kappa shape index (κ2) is 5.71. The molecule has 1 aliphatic rings. The first-order valence-corrected chi connectivity index (χ1v) is 5.11. The van der Waals surface area contributed by atoms with Gasteiger partial charge in [-0.05, 0) is 0 Å². The lowest BCUT2D eigenvalue weighted by Crippen LogP contribution is -2.24. The molecule has 0 atom stereocenters. The van der Waals surface area contributed by atoms with Crippen LogP contribution >= 0.6 is 35.9 Å². The Balaban J connectivity index is 0.000000640. The summed E-state index contributed by atoms with van der Waals surface area (Å²) in [7, 11) is 0. The van der Waals surface area contributed by atoms with E-state index in [-0.39, 0.29) is 12.4 Å². The lowest BCUT2D eigenvalue weighted by atomic mass is 10.4. The monoisotopic (exact) mass is 185 g/mol. The molecule has 4 heteroatoms. The zero-order chi connectivity index (χ0) is 5.82. The summed E-state index contributed by atoms with van der Waals surface area (Å²) in [6.45, 7) is 0. The maximum atomic E-state index is 5.69. The van der Waals surface area contributed by atoms with Gasteiger partial charge in [0.05, 0.1) is 0 Å². The number of halogens is 1. The molecule has 1 aliphatic heterocycles. The van der Waals surface area contributed by atoms with Crippen molar-refractivity contribution in [1.29, 1.82) is 0 Å². The molecular formula is C5H12ClNS2. The van der Waals surface area contributed by atoms with Gasteiger partial charge >= 0.3 is 0 Å². The minimum Gasteiger partial charge on any atom is -0.326 e. The third-order valence-corrected chi connectivity index (χ3v) is 3.61. The Morgan fingerprint density at radius 1 is 1.11 bits per heavy atom. The Morgan fingerprint density at radius 2 is 1.56 bits per heavy atom. The molecule has 1 heterocycles. The maximum absolute atomic E-state index is 5.69.